The van der Waals surface area contributed by atoms with Crippen molar-refractivity contribution in [1.29, 1.82) is 0 Å². The van der Waals surface area contributed by atoms with Crippen LogP contribution >= 0.6 is 0 Å². The molecular weight excluding hydrogens is 515 g/mol. The van der Waals surface area contributed by atoms with Gasteiger partial charge >= 0.3 is 18.1 Å². The summed E-state index contributed by atoms with van der Waals surface area (Å²) in [5.74, 6) is -3.48. The second-order valence-corrected chi connectivity index (χ2v) is 10.4. The fourth-order valence-electron chi connectivity index (χ4n) is 4.18. The molecule has 0 aliphatic carbocycles. The Balaban J connectivity index is 0.000000604. The topological polar surface area (TPSA) is 137 Å². The molecule has 0 unspecified atom stereocenters. The fourth-order valence-corrected chi connectivity index (χ4v) is 5.67. The number of halogens is 3. The molecule has 0 bridgehead atoms. The highest BCUT2D eigenvalue weighted by atomic mass is 32.2. The van der Waals surface area contributed by atoms with Crippen molar-refractivity contribution in [3.63, 3.8) is 0 Å². The van der Waals surface area contributed by atoms with Gasteiger partial charge in [-0.1, -0.05) is 37.0 Å². The summed E-state index contributed by atoms with van der Waals surface area (Å²) in [6.07, 6.45) is 1.73. The van der Waals surface area contributed by atoms with Crippen LogP contribution in [0.15, 0.2) is 29.3 Å². The first-order chi connectivity index (χ1) is 17.1. The van der Waals surface area contributed by atoms with Gasteiger partial charge in [0.1, 0.15) is 11.4 Å². The lowest BCUT2D eigenvalue weighted by molar-refractivity contribution is -0.192. The lowest BCUT2D eigenvalue weighted by atomic mass is 10.1. The molecule has 0 atom stereocenters. The number of sulfonamides is 1. The third-order valence-electron chi connectivity index (χ3n) is 5.62. The molecule has 9 nitrogen and oxygen atoms in total. The Hall–Kier alpha value is -3.35. The van der Waals surface area contributed by atoms with Gasteiger partial charge in [0.25, 0.3) is 10.0 Å². The van der Waals surface area contributed by atoms with E-state index in [1.165, 1.54) is 18.7 Å². The Morgan fingerprint density at radius 1 is 0.946 bits per heavy atom. The highest BCUT2D eigenvalue weighted by Gasteiger charge is 2.38. The fraction of sp³-hybridized carbons (Fsp3) is 0.458. The van der Waals surface area contributed by atoms with Crippen molar-refractivity contribution in [3.8, 4) is 0 Å². The first-order valence-electron chi connectivity index (χ1n) is 11.5. The third-order valence-corrected chi connectivity index (χ3v) is 7.31. The van der Waals surface area contributed by atoms with Crippen LogP contribution in [-0.4, -0.2) is 54.8 Å². The summed E-state index contributed by atoms with van der Waals surface area (Å²) in [6.45, 7) is 6.91. The Morgan fingerprint density at radius 2 is 1.43 bits per heavy atom. The summed E-state index contributed by atoms with van der Waals surface area (Å²) in [6, 6.07) is 4.99. The highest BCUT2D eigenvalue weighted by Crippen LogP contribution is 2.27. The number of alkyl halides is 3. The van der Waals surface area contributed by atoms with Crippen LogP contribution in [0.3, 0.4) is 0 Å². The van der Waals surface area contributed by atoms with Crippen molar-refractivity contribution in [1.82, 2.24) is 4.98 Å². The number of anilines is 2. The molecule has 1 aromatic carbocycles. The molecule has 1 saturated heterocycles. The predicted molar refractivity (Wildman–Crippen MR) is 132 cm³/mol. The number of rotatable bonds is 5. The number of pyridine rings is 1. The zero-order valence-corrected chi connectivity index (χ0v) is 21.5. The number of aromatic carboxylic acids is 1. The lowest BCUT2D eigenvalue weighted by Crippen LogP contribution is -2.29. The standard InChI is InChI=1S/C22H29N3O4S.C2HF3O2/c1-15-11-16(2)20(17(3)12-15)30(28,29)24-18-13-19(22(26)27)21(23-14-18)25-9-7-5-4-6-8-10-25;3-2(4,5)1(6)7/h11-14,24H,4-10H2,1-3H3,(H,26,27);(H,6,7). The molecule has 0 saturated carbocycles. The molecule has 37 heavy (non-hydrogen) atoms. The van der Waals surface area contributed by atoms with Crippen molar-refractivity contribution in [3.05, 3.63) is 46.6 Å². The van der Waals surface area contributed by atoms with Crippen molar-refractivity contribution >= 4 is 33.5 Å². The van der Waals surface area contributed by atoms with E-state index in [4.69, 9.17) is 9.90 Å². The average molecular weight is 546 g/mol. The van der Waals surface area contributed by atoms with Gasteiger partial charge in [-0.2, -0.15) is 13.2 Å². The molecule has 0 radical (unpaired) electrons. The van der Waals surface area contributed by atoms with Crippen LogP contribution < -0.4 is 9.62 Å². The van der Waals surface area contributed by atoms with Crippen molar-refractivity contribution < 1.29 is 41.4 Å². The third kappa shape index (κ3) is 8.34. The number of hydrogen-bond donors (Lipinski definition) is 3. The van der Waals surface area contributed by atoms with Crippen LogP contribution in [0.1, 0.15) is 59.2 Å². The molecule has 1 aromatic heterocycles. The molecule has 1 aliphatic rings. The Morgan fingerprint density at radius 3 is 1.89 bits per heavy atom. The van der Waals surface area contributed by atoms with Crippen LogP contribution in [0, 0.1) is 20.8 Å². The summed E-state index contributed by atoms with van der Waals surface area (Å²) in [7, 11) is -3.88. The molecule has 1 fully saturated rings. The molecule has 3 N–H and O–H groups in total. The molecule has 204 valence electrons. The van der Waals surface area contributed by atoms with E-state index in [-0.39, 0.29) is 16.1 Å². The number of aliphatic carboxylic acids is 1. The molecule has 2 heterocycles. The largest absolute Gasteiger partial charge is 0.490 e. The number of aromatic nitrogens is 1. The molecule has 1 aliphatic heterocycles. The molecular formula is C24H30F3N3O6S. The van der Waals surface area contributed by atoms with E-state index in [1.54, 1.807) is 13.8 Å². The summed E-state index contributed by atoms with van der Waals surface area (Å²) < 4.78 is 60.3. The van der Waals surface area contributed by atoms with Gasteiger partial charge in [0.05, 0.1) is 16.8 Å². The van der Waals surface area contributed by atoms with E-state index in [9.17, 15) is 31.5 Å². The quantitative estimate of drug-likeness (QED) is 0.482. The van der Waals surface area contributed by atoms with Crippen LogP contribution in [0.2, 0.25) is 0 Å². The van der Waals surface area contributed by atoms with Gasteiger partial charge in [0.15, 0.2) is 0 Å². The van der Waals surface area contributed by atoms with E-state index in [0.29, 0.717) is 16.9 Å². The predicted octanol–water partition coefficient (Wildman–Crippen LogP) is 4.91. The number of carboxylic acid groups (broad SMARTS) is 2. The van der Waals surface area contributed by atoms with Gasteiger partial charge in [0, 0.05) is 13.1 Å². The SMILES string of the molecule is Cc1cc(C)c(S(=O)(=O)Nc2cnc(N3CCCCCCC3)c(C(=O)O)c2)c(C)c1.O=C(O)C(F)(F)F. The van der Waals surface area contributed by atoms with Crippen LogP contribution in [0.5, 0.6) is 0 Å². The minimum Gasteiger partial charge on any atom is -0.478 e. The molecule has 0 amide bonds. The number of aryl methyl sites for hydroxylation is 3. The van der Waals surface area contributed by atoms with E-state index in [2.05, 4.69) is 9.71 Å². The Labute approximate surface area is 213 Å². The summed E-state index contributed by atoms with van der Waals surface area (Å²) >= 11 is 0. The van der Waals surface area contributed by atoms with Gasteiger partial charge in [-0.05, 0) is 50.8 Å². The van der Waals surface area contributed by atoms with E-state index in [0.717, 1.165) is 44.3 Å². The first kappa shape index (κ1) is 29.9. The maximum Gasteiger partial charge on any atom is 0.490 e. The monoisotopic (exact) mass is 545 g/mol. The number of nitrogens with zero attached hydrogens (tertiary/aromatic N) is 2. The van der Waals surface area contributed by atoms with E-state index < -0.39 is 28.1 Å². The second-order valence-electron chi connectivity index (χ2n) is 8.79. The Bertz CT molecular complexity index is 1220. The number of carboxylic acids is 2. The average Bonchev–Trinajstić information content (AvgIpc) is 2.72. The van der Waals surface area contributed by atoms with Gasteiger partial charge in [-0.3, -0.25) is 4.72 Å². The smallest absolute Gasteiger partial charge is 0.478 e. The van der Waals surface area contributed by atoms with E-state index in [1.807, 2.05) is 24.0 Å². The zero-order valence-electron chi connectivity index (χ0n) is 20.7. The number of carbonyl (C=O) groups is 2. The minimum atomic E-state index is -5.08. The van der Waals surface area contributed by atoms with E-state index >= 15 is 0 Å². The minimum absolute atomic E-state index is 0.00752. The maximum absolute atomic E-state index is 13.0. The van der Waals surface area contributed by atoms with Crippen LogP contribution in [-0.2, 0) is 14.8 Å². The number of hydrogen-bond acceptors (Lipinski definition) is 6. The number of benzene rings is 1. The maximum atomic E-state index is 13.0. The molecule has 2 aromatic rings. The Kier molecular flexibility index (Phi) is 9.90. The summed E-state index contributed by atoms with van der Waals surface area (Å²) in [4.78, 5) is 27.4. The molecule has 3 rings (SSSR count). The van der Waals surface area contributed by atoms with Crippen molar-refractivity contribution in [2.45, 2.75) is 63.9 Å². The zero-order chi connectivity index (χ0) is 28.0. The molecule has 0 spiro atoms. The normalized spacial score (nSPS) is 14.6. The van der Waals surface area contributed by atoms with Gasteiger partial charge in [-0.25, -0.2) is 23.0 Å². The second kappa shape index (κ2) is 12.3. The summed E-state index contributed by atoms with van der Waals surface area (Å²) in [5.41, 5.74) is 2.42. The van der Waals surface area contributed by atoms with Crippen molar-refractivity contribution in [2.75, 3.05) is 22.7 Å². The van der Waals surface area contributed by atoms with Gasteiger partial charge in [0.2, 0.25) is 0 Å². The number of nitrogens with one attached hydrogen (secondary N) is 1. The highest BCUT2D eigenvalue weighted by molar-refractivity contribution is 7.92. The molecule has 13 heteroatoms. The summed E-state index contributed by atoms with van der Waals surface area (Å²) in [5, 5.41) is 16.9. The van der Waals surface area contributed by atoms with Crippen molar-refractivity contribution in [2.24, 2.45) is 0 Å². The van der Waals surface area contributed by atoms with Gasteiger partial charge < -0.3 is 15.1 Å². The first-order valence-corrected chi connectivity index (χ1v) is 13.0. The lowest BCUT2D eigenvalue weighted by Gasteiger charge is -2.27. The van der Waals surface area contributed by atoms with Crippen LogP contribution in [0.25, 0.3) is 0 Å². The van der Waals surface area contributed by atoms with Gasteiger partial charge in [-0.15, -0.1) is 0 Å². The van der Waals surface area contributed by atoms with Crippen LogP contribution in [0.4, 0.5) is 24.7 Å².